The molecule has 5 aromatic rings. The summed E-state index contributed by atoms with van der Waals surface area (Å²) in [5, 5.41) is 13.5. The Morgan fingerprint density at radius 1 is 1.02 bits per heavy atom. The zero-order valence-corrected chi connectivity index (χ0v) is 25.3. The van der Waals surface area contributed by atoms with E-state index in [2.05, 4.69) is 104 Å². The predicted octanol–water partition coefficient (Wildman–Crippen LogP) is 9.88. The summed E-state index contributed by atoms with van der Waals surface area (Å²) in [5.41, 5.74) is 10.0. The third-order valence-corrected chi connectivity index (χ3v) is 8.12. The van der Waals surface area contributed by atoms with Crippen LogP contribution in [-0.4, -0.2) is 20.2 Å². The normalized spacial score (nSPS) is 12.7. The van der Waals surface area contributed by atoms with Crippen LogP contribution in [0.5, 0.6) is 0 Å². The van der Waals surface area contributed by atoms with Gasteiger partial charge < -0.3 is 10.3 Å². The van der Waals surface area contributed by atoms with Gasteiger partial charge >= 0.3 is 0 Å². The van der Waals surface area contributed by atoms with Crippen molar-refractivity contribution in [2.45, 2.75) is 41.0 Å². The highest BCUT2D eigenvalue weighted by Gasteiger charge is 2.17. The smallest absolute Gasteiger partial charge is 0.116 e. The zero-order chi connectivity index (χ0) is 29.3. The molecule has 208 valence electrons. The number of benzene rings is 1. The maximum atomic E-state index is 4.73. The number of H-pyrrole nitrogens is 2. The van der Waals surface area contributed by atoms with Gasteiger partial charge in [0, 0.05) is 38.8 Å². The number of aromatic nitrogens is 4. The number of hydrogen-bond donors (Lipinski definition) is 3. The molecule has 0 bridgehead atoms. The molecule has 5 rings (SSSR count). The van der Waals surface area contributed by atoms with Crippen molar-refractivity contribution in [2.75, 3.05) is 0 Å². The van der Waals surface area contributed by atoms with Crippen molar-refractivity contribution < 1.29 is 0 Å². The number of fused-ring (bicyclic) bond motifs is 2. The summed E-state index contributed by atoms with van der Waals surface area (Å²) in [5.74, 6) is 0. The molecular weight excluding hydrogens is 522 g/mol. The number of hydrogen-bond acceptors (Lipinski definition) is 4. The summed E-state index contributed by atoms with van der Waals surface area (Å²) in [4.78, 5) is 10.6. The van der Waals surface area contributed by atoms with Crippen LogP contribution in [0.25, 0.3) is 54.9 Å². The highest BCUT2D eigenvalue weighted by atomic mass is 32.1. The van der Waals surface area contributed by atoms with Gasteiger partial charge in [0.05, 0.1) is 21.8 Å². The zero-order valence-electron chi connectivity index (χ0n) is 24.5. The molecule has 0 atom stereocenters. The minimum Gasteiger partial charge on any atom is -0.359 e. The van der Waals surface area contributed by atoms with Gasteiger partial charge in [-0.25, -0.2) is 0 Å². The van der Waals surface area contributed by atoms with Gasteiger partial charge in [0.25, 0.3) is 0 Å². The third kappa shape index (κ3) is 6.03. The van der Waals surface area contributed by atoms with Crippen LogP contribution < -0.4 is 5.32 Å². The number of thiophene rings is 1. The lowest BCUT2D eigenvalue weighted by Crippen LogP contribution is -2.16. The molecule has 0 unspecified atom stereocenters. The van der Waals surface area contributed by atoms with Crippen molar-refractivity contribution in [1.82, 2.24) is 25.5 Å². The molecule has 0 spiro atoms. The second-order valence-corrected chi connectivity index (χ2v) is 12.7. The van der Waals surface area contributed by atoms with Crippen LogP contribution in [0, 0.1) is 5.41 Å². The molecule has 0 saturated carbocycles. The number of rotatable bonds is 9. The fourth-order valence-corrected chi connectivity index (χ4v) is 5.95. The number of nitrogens with zero attached hydrogens (tertiary/aromatic N) is 2. The summed E-state index contributed by atoms with van der Waals surface area (Å²) >= 11 is 1.71. The third-order valence-electron chi connectivity index (χ3n) is 6.87. The van der Waals surface area contributed by atoms with Crippen molar-refractivity contribution in [3.63, 3.8) is 0 Å². The first-order chi connectivity index (χ1) is 19.6. The van der Waals surface area contributed by atoms with Crippen LogP contribution in [0.2, 0.25) is 0 Å². The quantitative estimate of drug-likeness (QED) is 0.157. The van der Waals surface area contributed by atoms with Crippen molar-refractivity contribution in [3.8, 4) is 22.0 Å². The maximum Gasteiger partial charge on any atom is 0.116 e. The Balaban J connectivity index is 1.51. The second kappa shape index (κ2) is 11.2. The summed E-state index contributed by atoms with van der Waals surface area (Å²) in [6, 6.07) is 14.8. The Labute approximate surface area is 246 Å². The van der Waals surface area contributed by atoms with E-state index < -0.39 is 0 Å². The first kappa shape index (κ1) is 28.1. The van der Waals surface area contributed by atoms with Crippen molar-refractivity contribution >= 4 is 44.3 Å². The lowest BCUT2D eigenvalue weighted by molar-refractivity contribution is 0.403. The Morgan fingerprint density at radius 3 is 2.49 bits per heavy atom. The Morgan fingerprint density at radius 2 is 1.80 bits per heavy atom. The van der Waals surface area contributed by atoms with Crippen LogP contribution in [0.4, 0.5) is 0 Å². The molecule has 4 heterocycles. The van der Waals surface area contributed by atoms with E-state index in [1.54, 1.807) is 11.3 Å². The van der Waals surface area contributed by atoms with Crippen molar-refractivity contribution in [3.05, 3.63) is 108 Å². The van der Waals surface area contributed by atoms with Gasteiger partial charge in [0.2, 0.25) is 0 Å². The first-order valence-electron chi connectivity index (χ1n) is 13.7. The largest absolute Gasteiger partial charge is 0.359 e. The van der Waals surface area contributed by atoms with Gasteiger partial charge in [-0.1, -0.05) is 52.7 Å². The lowest BCUT2D eigenvalue weighted by Gasteiger charge is -2.21. The van der Waals surface area contributed by atoms with Crippen LogP contribution in [0.15, 0.2) is 98.0 Å². The van der Waals surface area contributed by atoms with E-state index in [1.807, 2.05) is 32.2 Å². The minimum atomic E-state index is 0.152. The predicted molar refractivity (Wildman–Crippen MR) is 177 cm³/mol. The minimum absolute atomic E-state index is 0.152. The number of aromatic amines is 2. The van der Waals surface area contributed by atoms with Gasteiger partial charge in [-0.3, -0.25) is 10.1 Å². The molecular formula is C35H37N5S. The molecule has 6 heteroatoms. The lowest BCUT2D eigenvalue weighted by atomic mass is 9.91. The first-order valence-corrected chi connectivity index (χ1v) is 14.6. The molecule has 0 radical (unpaired) electrons. The average Bonchev–Trinajstić information content (AvgIpc) is 3.67. The van der Waals surface area contributed by atoms with Crippen LogP contribution >= 0.6 is 11.3 Å². The van der Waals surface area contributed by atoms with Crippen LogP contribution in [0.1, 0.15) is 51.5 Å². The standard InChI is InChI=1S/C35H37N5S/c1-9-23(17-25(10-2)37-22(5)20-35(6,7)8)24-11-12-29-26(18-24)33(40-39-29)30-19-27-28(38-30)15-16-36-34(27)32-14-13-31(41-32)21(3)4/h9-19,37-38H,2-3,5,20H2,1,4,6-8H3,(H,39,40)/b23-9+,25-17+. The topological polar surface area (TPSA) is 69.4 Å². The summed E-state index contributed by atoms with van der Waals surface area (Å²) in [7, 11) is 0. The monoisotopic (exact) mass is 559 g/mol. The number of pyridine rings is 1. The molecule has 1 aromatic carbocycles. The second-order valence-electron chi connectivity index (χ2n) is 11.6. The molecule has 0 fully saturated rings. The van der Waals surface area contributed by atoms with Gasteiger partial charge in [0.15, 0.2) is 0 Å². The molecule has 41 heavy (non-hydrogen) atoms. The van der Waals surface area contributed by atoms with Gasteiger partial charge in [-0.05, 0) is 90.9 Å². The van der Waals surface area contributed by atoms with E-state index in [1.165, 1.54) is 4.88 Å². The molecule has 0 aliphatic heterocycles. The highest BCUT2D eigenvalue weighted by Crippen LogP contribution is 2.37. The molecule has 4 aromatic heterocycles. The van der Waals surface area contributed by atoms with Crippen molar-refractivity contribution in [1.29, 1.82) is 0 Å². The summed E-state index contributed by atoms with van der Waals surface area (Å²) in [6.07, 6.45) is 8.78. The molecule has 5 nitrogen and oxygen atoms in total. The maximum absolute atomic E-state index is 4.73. The van der Waals surface area contributed by atoms with E-state index in [4.69, 9.17) is 10.1 Å². The molecule has 0 aliphatic rings. The molecule has 0 amide bonds. The van der Waals surface area contributed by atoms with Crippen LogP contribution in [0.3, 0.4) is 0 Å². The molecule has 0 aliphatic carbocycles. The Kier molecular flexibility index (Phi) is 7.70. The Bertz CT molecular complexity index is 1850. The molecule has 3 N–H and O–H groups in total. The van der Waals surface area contributed by atoms with Gasteiger partial charge in [0.1, 0.15) is 5.69 Å². The van der Waals surface area contributed by atoms with Crippen LogP contribution in [-0.2, 0) is 0 Å². The fraction of sp³-hybridized carbons (Fsp3) is 0.200. The molecule has 0 saturated heterocycles. The number of allylic oxidation sites excluding steroid dienone is 6. The van der Waals surface area contributed by atoms with E-state index in [-0.39, 0.29) is 5.41 Å². The Hall–Kier alpha value is -4.42. The van der Waals surface area contributed by atoms with E-state index in [0.717, 1.165) is 78.3 Å². The van der Waals surface area contributed by atoms with E-state index >= 15 is 0 Å². The van der Waals surface area contributed by atoms with Gasteiger partial charge in [-0.2, -0.15) is 5.10 Å². The SMILES string of the molecule is C=C/C(=C\C(=C/C)c1ccc2[nH]nc(-c3cc4c(-c5ccc(C(=C)C)s5)nccc4[nH]3)c2c1)NC(=C)CC(C)(C)C. The number of nitrogens with one attached hydrogen (secondary N) is 3. The van der Waals surface area contributed by atoms with E-state index in [0.29, 0.717) is 0 Å². The summed E-state index contributed by atoms with van der Waals surface area (Å²) < 4.78 is 0. The highest BCUT2D eigenvalue weighted by molar-refractivity contribution is 7.16. The van der Waals surface area contributed by atoms with Crippen molar-refractivity contribution in [2.24, 2.45) is 5.41 Å². The van der Waals surface area contributed by atoms with Gasteiger partial charge in [-0.15, -0.1) is 11.3 Å². The van der Waals surface area contributed by atoms with E-state index in [9.17, 15) is 0 Å². The average molecular weight is 560 g/mol. The fourth-order valence-electron chi connectivity index (χ4n) is 5.01. The summed E-state index contributed by atoms with van der Waals surface area (Å²) in [6.45, 7) is 23.0.